The van der Waals surface area contributed by atoms with E-state index in [1.807, 2.05) is 24.3 Å². The number of rotatable bonds is 7. The van der Waals surface area contributed by atoms with E-state index in [0.29, 0.717) is 6.54 Å². The zero-order valence-electron chi connectivity index (χ0n) is 11.6. The standard InChI is InChI=1S/C15H21N3O/c1-3-4-10-18(11-9-16)12-14-5-7-15(8-6-14)17-13(2)19/h5-8H,3-4,10-12H2,1-2H3,(H,17,19). The van der Waals surface area contributed by atoms with E-state index >= 15 is 0 Å². The Morgan fingerprint density at radius 1 is 1.37 bits per heavy atom. The smallest absolute Gasteiger partial charge is 0.221 e. The predicted octanol–water partition coefficient (Wildman–Crippen LogP) is 2.77. The van der Waals surface area contributed by atoms with Crippen molar-refractivity contribution in [1.82, 2.24) is 4.90 Å². The van der Waals surface area contributed by atoms with Crippen LogP contribution in [-0.4, -0.2) is 23.9 Å². The summed E-state index contributed by atoms with van der Waals surface area (Å²) in [5, 5.41) is 11.6. The summed E-state index contributed by atoms with van der Waals surface area (Å²) in [6, 6.07) is 9.96. The first kappa shape index (κ1) is 15.2. The number of carbonyl (C=O) groups excluding carboxylic acids is 1. The van der Waals surface area contributed by atoms with Crippen molar-refractivity contribution in [3.8, 4) is 6.07 Å². The first-order valence-corrected chi connectivity index (χ1v) is 6.61. The van der Waals surface area contributed by atoms with E-state index in [-0.39, 0.29) is 5.91 Å². The van der Waals surface area contributed by atoms with Gasteiger partial charge < -0.3 is 5.32 Å². The molecule has 0 bridgehead atoms. The maximum Gasteiger partial charge on any atom is 0.221 e. The molecule has 1 aromatic rings. The van der Waals surface area contributed by atoms with Crippen LogP contribution in [0.25, 0.3) is 0 Å². The number of unbranched alkanes of at least 4 members (excludes halogenated alkanes) is 1. The molecule has 0 atom stereocenters. The number of amides is 1. The Morgan fingerprint density at radius 2 is 2.05 bits per heavy atom. The van der Waals surface area contributed by atoms with Crippen LogP contribution >= 0.6 is 0 Å². The molecule has 0 aliphatic carbocycles. The van der Waals surface area contributed by atoms with E-state index in [2.05, 4.69) is 23.2 Å². The van der Waals surface area contributed by atoms with E-state index in [0.717, 1.165) is 37.2 Å². The second kappa shape index (κ2) is 8.28. The number of nitriles is 1. The second-order valence-corrected chi connectivity index (χ2v) is 4.60. The summed E-state index contributed by atoms with van der Waals surface area (Å²) in [5.74, 6) is -0.0678. The van der Waals surface area contributed by atoms with Crippen molar-refractivity contribution < 1.29 is 4.79 Å². The number of benzene rings is 1. The highest BCUT2D eigenvalue weighted by atomic mass is 16.1. The van der Waals surface area contributed by atoms with Gasteiger partial charge in [0.2, 0.25) is 5.91 Å². The molecule has 1 amide bonds. The van der Waals surface area contributed by atoms with Crippen molar-refractivity contribution in [1.29, 1.82) is 5.26 Å². The molecule has 4 heteroatoms. The molecule has 0 heterocycles. The molecule has 0 fully saturated rings. The average Bonchev–Trinajstić information content (AvgIpc) is 2.38. The molecule has 1 aromatic carbocycles. The van der Waals surface area contributed by atoms with E-state index in [1.54, 1.807) is 0 Å². The summed E-state index contributed by atoms with van der Waals surface area (Å²) in [6.07, 6.45) is 2.23. The van der Waals surface area contributed by atoms with Gasteiger partial charge in [0.25, 0.3) is 0 Å². The Hall–Kier alpha value is -1.86. The Labute approximate surface area is 115 Å². The van der Waals surface area contributed by atoms with E-state index in [4.69, 9.17) is 5.26 Å². The van der Waals surface area contributed by atoms with Crippen LogP contribution in [0.5, 0.6) is 0 Å². The highest BCUT2D eigenvalue weighted by molar-refractivity contribution is 5.88. The van der Waals surface area contributed by atoms with Gasteiger partial charge in [-0.3, -0.25) is 9.69 Å². The van der Waals surface area contributed by atoms with Gasteiger partial charge in [0, 0.05) is 19.2 Å². The van der Waals surface area contributed by atoms with E-state index in [9.17, 15) is 4.79 Å². The van der Waals surface area contributed by atoms with Crippen LogP contribution in [0, 0.1) is 11.3 Å². The molecule has 0 unspecified atom stereocenters. The zero-order valence-corrected chi connectivity index (χ0v) is 11.6. The molecule has 0 saturated carbocycles. The van der Waals surface area contributed by atoms with Crippen molar-refractivity contribution in [3.63, 3.8) is 0 Å². The molecule has 1 N–H and O–H groups in total. The Kier molecular flexibility index (Phi) is 6.62. The lowest BCUT2D eigenvalue weighted by atomic mass is 10.2. The fraction of sp³-hybridized carbons (Fsp3) is 0.467. The molecule has 0 aliphatic heterocycles. The van der Waals surface area contributed by atoms with Gasteiger partial charge in [0.1, 0.15) is 0 Å². The molecule has 19 heavy (non-hydrogen) atoms. The second-order valence-electron chi connectivity index (χ2n) is 4.60. The molecule has 0 aliphatic rings. The molecule has 0 saturated heterocycles. The summed E-state index contributed by atoms with van der Waals surface area (Å²) < 4.78 is 0. The van der Waals surface area contributed by atoms with Gasteiger partial charge in [-0.05, 0) is 30.7 Å². The van der Waals surface area contributed by atoms with Crippen LogP contribution in [0.2, 0.25) is 0 Å². The van der Waals surface area contributed by atoms with Gasteiger partial charge in [0.15, 0.2) is 0 Å². The summed E-state index contributed by atoms with van der Waals surface area (Å²) >= 11 is 0. The van der Waals surface area contributed by atoms with Crippen molar-refractivity contribution in [3.05, 3.63) is 29.8 Å². The Bertz CT molecular complexity index is 434. The summed E-state index contributed by atoms with van der Waals surface area (Å²) in [5.41, 5.74) is 1.96. The molecular formula is C15H21N3O. The van der Waals surface area contributed by atoms with Crippen molar-refractivity contribution in [2.24, 2.45) is 0 Å². The molecule has 0 spiro atoms. The van der Waals surface area contributed by atoms with Gasteiger partial charge in [0.05, 0.1) is 12.6 Å². The SMILES string of the molecule is CCCCN(CC#N)Cc1ccc(NC(C)=O)cc1. The minimum absolute atomic E-state index is 0.0678. The van der Waals surface area contributed by atoms with E-state index in [1.165, 1.54) is 6.92 Å². The minimum Gasteiger partial charge on any atom is -0.326 e. The maximum atomic E-state index is 10.9. The quantitative estimate of drug-likeness (QED) is 0.766. The van der Waals surface area contributed by atoms with Crippen LogP contribution in [-0.2, 0) is 11.3 Å². The predicted molar refractivity (Wildman–Crippen MR) is 76.5 cm³/mol. The first-order valence-electron chi connectivity index (χ1n) is 6.61. The van der Waals surface area contributed by atoms with Crippen molar-refractivity contribution in [2.75, 3.05) is 18.4 Å². The van der Waals surface area contributed by atoms with Gasteiger partial charge in [-0.25, -0.2) is 0 Å². The topological polar surface area (TPSA) is 56.1 Å². The maximum absolute atomic E-state index is 10.9. The molecule has 1 rings (SSSR count). The first-order chi connectivity index (χ1) is 9.15. The average molecular weight is 259 g/mol. The summed E-state index contributed by atoms with van der Waals surface area (Å²) in [6.45, 7) is 5.80. The normalized spacial score (nSPS) is 10.2. The van der Waals surface area contributed by atoms with Gasteiger partial charge in [-0.1, -0.05) is 25.5 Å². The fourth-order valence-corrected chi connectivity index (χ4v) is 1.85. The number of nitrogens with zero attached hydrogens (tertiary/aromatic N) is 2. The summed E-state index contributed by atoms with van der Waals surface area (Å²) in [4.78, 5) is 13.1. The molecule has 0 radical (unpaired) electrons. The highest BCUT2D eigenvalue weighted by Crippen LogP contribution is 2.12. The van der Waals surface area contributed by atoms with Crippen LogP contribution in [0.1, 0.15) is 32.3 Å². The monoisotopic (exact) mass is 259 g/mol. The summed E-state index contributed by atoms with van der Waals surface area (Å²) in [7, 11) is 0. The van der Waals surface area contributed by atoms with Crippen LogP contribution < -0.4 is 5.32 Å². The van der Waals surface area contributed by atoms with E-state index < -0.39 is 0 Å². The van der Waals surface area contributed by atoms with Crippen LogP contribution in [0.3, 0.4) is 0 Å². The fourth-order valence-electron chi connectivity index (χ4n) is 1.85. The third-order valence-electron chi connectivity index (χ3n) is 2.80. The number of anilines is 1. The highest BCUT2D eigenvalue weighted by Gasteiger charge is 2.05. The molecule has 4 nitrogen and oxygen atoms in total. The third kappa shape index (κ3) is 6.03. The lowest BCUT2D eigenvalue weighted by molar-refractivity contribution is -0.114. The lowest BCUT2D eigenvalue weighted by Crippen LogP contribution is -2.24. The molecular weight excluding hydrogens is 238 g/mol. The van der Waals surface area contributed by atoms with Crippen LogP contribution in [0.4, 0.5) is 5.69 Å². The van der Waals surface area contributed by atoms with Gasteiger partial charge >= 0.3 is 0 Å². The van der Waals surface area contributed by atoms with Crippen molar-refractivity contribution in [2.45, 2.75) is 33.2 Å². The third-order valence-corrected chi connectivity index (χ3v) is 2.80. The number of carbonyl (C=O) groups is 1. The molecule has 102 valence electrons. The number of hydrogen-bond acceptors (Lipinski definition) is 3. The largest absolute Gasteiger partial charge is 0.326 e. The molecule has 0 aromatic heterocycles. The van der Waals surface area contributed by atoms with Crippen molar-refractivity contribution >= 4 is 11.6 Å². The van der Waals surface area contributed by atoms with Crippen LogP contribution in [0.15, 0.2) is 24.3 Å². The Morgan fingerprint density at radius 3 is 2.58 bits per heavy atom. The number of hydrogen-bond donors (Lipinski definition) is 1. The zero-order chi connectivity index (χ0) is 14.1. The Balaban J connectivity index is 2.58. The number of nitrogens with one attached hydrogen (secondary N) is 1. The minimum atomic E-state index is -0.0678. The van der Waals surface area contributed by atoms with Gasteiger partial charge in [-0.15, -0.1) is 0 Å². The van der Waals surface area contributed by atoms with Gasteiger partial charge in [-0.2, -0.15) is 5.26 Å². The lowest BCUT2D eigenvalue weighted by Gasteiger charge is -2.18.